The van der Waals surface area contributed by atoms with E-state index in [4.69, 9.17) is 0 Å². The molecular formula is C13H21N3O. The standard InChI is InChI=1S/C13H21N3O/c1-3-15(4-2)10-8-9-13(17)14-16-11-6-5-7-12-16/h5-7,11-12H,3-4,8-10H2,1-2H3. The summed E-state index contributed by atoms with van der Waals surface area (Å²) >= 11 is 0. The van der Waals surface area contributed by atoms with Gasteiger partial charge in [-0.3, -0.25) is 0 Å². The molecule has 0 aliphatic heterocycles. The molecule has 1 rings (SSSR count). The molecule has 94 valence electrons. The molecule has 0 amide bonds. The minimum Gasteiger partial charge on any atom is -0.858 e. The van der Waals surface area contributed by atoms with E-state index in [9.17, 15) is 5.11 Å². The number of aromatic nitrogens is 1. The Kier molecular flexibility index (Phi) is 6.25. The van der Waals surface area contributed by atoms with Crippen LogP contribution in [0.5, 0.6) is 0 Å². The van der Waals surface area contributed by atoms with Gasteiger partial charge in [-0.2, -0.15) is 0 Å². The zero-order chi connectivity index (χ0) is 12.5. The fourth-order valence-electron chi connectivity index (χ4n) is 1.63. The van der Waals surface area contributed by atoms with Crippen molar-refractivity contribution in [2.75, 3.05) is 19.6 Å². The first-order valence-electron chi connectivity index (χ1n) is 6.19. The maximum absolute atomic E-state index is 11.6. The molecule has 0 N–H and O–H groups in total. The minimum atomic E-state index is -0.0617. The zero-order valence-electron chi connectivity index (χ0n) is 10.7. The van der Waals surface area contributed by atoms with Crippen molar-refractivity contribution in [2.45, 2.75) is 26.7 Å². The van der Waals surface area contributed by atoms with Crippen molar-refractivity contribution < 1.29 is 9.78 Å². The molecule has 1 aromatic heterocycles. The van der Waals surface area contributed by atoms with Crippen LogP contribution in [-0.2, 0) is 0 Å². The number of pyridine rings is 1. The van der Waals surface area contributed by atoms with Gasteiger partial charge in [0.05, 0.1) is 0 Å². The highest BCUT2D eigenvalue weighted by Crippen LogP contribution is 1.94. The van der Waals surface area contributed by atoms with Gasteiger partial charge in [-0.15, -0.1) is 0 Å². The molecular weight excluding hydrogens is 214 g/mol. The van der Waals surface area contributed by atoms with Gasteiger partial charge in [-0.1, -0.05) is 24.6 Å². The normalized spacial score (nSPS) is 12.1. The molecule has 0 radical (unpaired) electrons. The highest BCUT2D eigenvalue weighted by molar-refractivity contribution is 5.70. The third kappa shape index (κ3) is 5.45. The van der Waals surface area contributed by atoms with E-state index in [-0.39, 0.29) is 5.90 Å². The van der Waals surface area contributed by atoms with Crippen LogP contribution < -0.4 is 9.78 Å². The first-order valence-corrected chi connectivity index (χ1v) is 6.19. The van der Waals surface area contributed by atoms with E-state index in [1.807, 2.05) is 18.2 Å². The molecule has 0 aromatic carbocycles. The molecule has 0 saturated carbocycles. The molecule has 1 heterocycles. The van der Waals surface area contributed by atoms with Gasteiger partial charge < -0.3 is 10.0 Å². The van der Waals surface area contributed by atoms with Crippen molar-refractivity contribution in [2.24, 2.45) is 5.10 Å². The summed E-state index contributed by atoms with van der Waals surface area (Å²) in [6, 6.07) is 5.61. The summed E-state index contributed by atoms with van der Waals surface area (Å²) in [7, 11) is 0. The second-order valence-corrected chi connectivity index (χ2v) is 3.88. The molecule has 0 aliphatic carbocycles. The summed E-state index contributed by atoms with van der Waals surface area (Å²) in [5, 5.41) is 15.5. The number of rotatable bonds is 7. The van der Waals surface area contributed by atoms with Gasteiger partial charge >= 0.3 is 0 Å². The molecule has 0 bridgehead atoms. The average molecular weight is 235 g/mol. The summed E-state index contributed by atoms with van der Waals surface area (Å²) in [5.74, 6) is -0.0617. The molecule has 0 unspecified atom stereocenters. The molecule has 0 saturated heterocycles. The Hall–Kier alpha value is -1.42. The van der Waals surface area contributed by atoms with Crippen LogP contribution in [-0.4, -0.2) is 30.4 Å². The van der Waals surface area contributed by atoms with E-state index < -0.39 is 0 Å². The highest BCUT2D eigenvalue weighted by atomic mass is 16.3. The van der Waals surface area contributed by atoms with E-state index in [2.05, 4.69) is 23.8 Å². The second kappa shape index (κ2) is 7.79. The Labute approximate surface area is 103 Å². The summed E-state index contributed by atoms with van der Waals surface area (Å²) in [6.07, 6.45) is 4.92. The van der Waals surface area contributed by atoms with Gasteiger partial charge in [0, 0.05) is 18.0 Å². The Morgan fingerprint density at radius 3 is 2.41 bits per heavy atom. The maximum Gasteiger partial charge on any atom is 0.202 e. The largest absolute Gasteiger partial charge is 0.858 e. The lowest BCUT2D eigenvalue weighted by Crippen LogP contribution is -2.33. The minimum absolute atomic E-state index is 0.0617. The van der Waals surface area contributed by atoms with E-state index >= 15 is 0 Å². The predicted octanol–water partition coefficient (Wildman–Crippen LogP) is 0.618. The molecule has 4 heteroatoms. The monoisotopic (exact) mass is 235 g/mol. The van der Waals surface area contributed by atoms with Crippen LogP contribution in [0.1, 0.15) is 26.7 Å². The van der Waals surface area contributed by atoms with Gasteiger partial charge in [0.2, 0.25) is 12.4 Å². The Morgan fingerprint density at radius 2 is 1.82 bits per heavy atom. The molecule has 0 fully saturated rings. The van der Waals surface area contributed by atoms with E-state index in [0.29, 0.717) is 6.42 Å². The van der Waals surface area contributed by atoms with Gasteiger partial charge in [0.1, 0.15) is 0 Å². The predicted molar refractivity (Wildman–Crippen MR) is 66.5 cm³/mol. The van der Waals surface area contributed by atoms with Crippen molar-refractivity contribution in [1.29, 1.82) is 0 Å². The Morgan fingerprint density at radius 1 is 1.18 bits per heavy atom. The Balaban J connectivity index is 2.34. The highest BCUT2D eigenvalue weighted by Gasteiger charge is 1.99. The van der Waals surface area contributed by atoms with Crippen LogP contribution in [0.2, 0.25) is 0 Å². The second-order valence-electron chi connectivity index (χ2n) is 3.88. The quantitative estimate of drug-likeness (QED) is 0.395. The zero-order valence-corrected chi connectivity index (χ0v) is 10.7. The fourth-order valence-corrected chi connectivity index (χ4v) is 1.63. The summed E-state index contributed by atoms with van der Waals surface area (Å²) in [4.78, 5) is 2.31. The van der Waals surface area contributed by atoms with Crippen LogP contribution in [0.3, 0.4) is 0 Å². The van der Waals surface area contributed by atoms with E-state index in [0.717, 1.165) is 26.1 Å². The first kappa shape index (κ1) is 13.6. The van der Waals surface area contributed by atoms with Gasteiger partial charge in [0.25, 0.3) is 0 Å². The van der Waals surface area contributed by atoms with Crippen molar-refractivity contribution in [3.05, 3.63) is 30.6 Å². The molecule has 4 nitrogen and oxygen atoms in total. The summed E-state index contributed by atoms with van der Waals surface area (Å²) in [5.41, 5.74) is 0. The number of nitrogens with zero attached hydrogens (tertiary/aromatic N) is 3. The van der Waals surface area contributed by atoms with E-state index in [1.54, 1.807) is 17.1 Å². The lowest BCUT2D eigenvalue weighted by Gasteiger charge is -2.18. The van der Waals surface area contributed by atoms with E-state index in [1.165, 1.54) is 0 Å². The van der Waals surface area contributed by atoms with Crippen LogP contribution >= 0.6 is 0 Å². The number of hydrogen-bond donors (Lipinski definition) is 0. The van der Waals surface area contributed by atoms with Crippen molar-refractivity contribution in [3.8, 4) is 0 Å². The number of hydrogen-bond acceptors (Lipinski definition) is 3. The van der Waals surface area contributed by atoms with Crippen LogP contribution in [0.4, 0.5) is 0 Å². The smallest absolute Gasteiger partial charge is 0.202 e. The average Bonchev–Trinajstić information content (AvgIpc) is 2.36. The van der Waals surface area contributed by atoms with Crippen molar-refractivity contribution in [1.82, 2.24) is 4.90 Å². The summed E-state index contributed by atoms with van der Waals surface area (Å²) in [6.45, 7) is 7.31. The maximum atomic E-state index is 11.6. The van der Waals surface area contributed by atoms with Crippen LogP contribution in [0.25, 0.3) is 0 Å². The lowest BCUT2D eigenvalue weighted by atomic mass is 10.3. The first-order chi connectivity index (χ1) is 8.26. The van der Waals surface area contributed by atoms with Crippen molar-refractivity contribution >= 4 is 5.90 Å². The molecule has 0 spiro atoms. The van der Waals surface area contributed by atoms with Gasteiger partial charge in [-0.05, 0) is 37.6 Å². The third-order valence-corrected chi connectivity index (χ3v) is 2.69. The molecule has 17 heavy (non-hydrogen) atoms. The third-order valence-electron chi connectivity index (χ3n) is 2.69. The SMILES string of the molecule is CCN(CC)CCC/C([O-])=N\[n+]1ccccc1. The Bertz CT molecular complexity index is 334. The molecule has 1 aromatic rings. The topological polar surface area (TPSA) is 42.5 Å². The van der Waals surface area contributed by atoms with Gasteiger partial charge in [-0.25, -0.2) is 0 Å². The van der Waals surface area contributed by atoms with Crippen LogP contribution in [0.15, 0.2) is 35.7 Å². The fraction of sp³-hybridized carbons (Fsp3) is 0.538. The molecule has 0 atom stereocenters. The summed E-state index contributed by atoms with van der Waals surface area (Å²) < 4.78 is 1.56. The van der Waals surface area contributed by atoms with Crippen LogP contribution in [0, 0.1) is 0 Å². The van der Waals surface area contributed by atoms with Gasteiger partial charge in [0.15, 0.2) is 0 Å². The van der Waals surface area contributed by atoms with Crippen molar-refractivity contribution in [3.63, 3.8) is 0 Å². The lowest BCUT2D eigenvalue weighted by molar-refractivity contribution is -0.681. The molecule has 0 aliphatic rings.